The fourth-order valence-corrected chi connectivity index (χ4v) is 2.80. The Hall–Kier alpha value is -0.570. The van der Waals surface area contributed by atoms with Crippen LogP contribution in [0.1, 0.15) is 36.8 Å². The van der Waals surface area contributed by atoms with E-state index in [4.69, 9.17) is 17.3 Å². The number of hydrogen-bond donors (Lipinski definition) is 1. The molecular weight excluding hydrogens is 244 g/mol. The first kappa shape index (κ1) is 13.9. The molecule has 0 unspecified atom stereocenters. The third-order valence-electron chi connectivity index (χ3n) is 3.63. The van der Waals surface area contributed by atoms with E-state index in [9.17, 15) is 0 Å². The van der Waals surface area contributed by atoms with Crippen LogP contribution in [0.5, 0.6) is 0 Å². The quantitative estimate of drug-likeness (QED) is 0.887. The molecule has 1 aliphatic rings. The Morgan fingerprint density at radius 3 is 2.61 bits per heavy atom. The predicted octanol–water partition coefficient (Wildman–Crippen LogP) is 3.22. The lowest BCUT2D eigenvalue weighted by atomic mass is 10.1. The van der Waals surface area contributed by atoms with Crippen molar-refractivity contribution in [1.29, 1.82) is 0 Å². The standard InChI is InChI=1S/C15H23ClN2/c16-15-11-13(5-4-8-17)6-7-14(15)12-18-9-2-1-3-10-18/h6-7,11H,1-5,8-10,12,17H2. The summed E-state index contributed by atoms with van der Waals surface area (Å²) in [5.41, 5.74) is 8.09. The van der Waals surface area contributed by atoms with Crippen LogP contribution in [0.4, 0.5) is 0 Å². The van der Waals surface area contributed by atoms with E-state index < -0.39 is 0 Å². The van der Waals surface area contributed by atoms with Crippen LogP contribution in [0.2, 0.25) is 5.02 Å². The van der Waals surface area contributed by atoms with Crippen molar-refractivity contribution in [2.75, 3.05) is 19.6 Å². The van der Waals surface area contributed by atoms with Crippen LogP contribution in [0.25, 0.3) is 0 Å². The molecule has 1 heterocycles. The lowest BCUT2D eigenvalue weighted by Gasteiger charge is -2.26. The van der Waals surface area contributed by atoms with Gasteiger partial charge in [-0.25, -0.2) is 0 Å². The highest BCUT2D eigenvalue weighted by Gasteiger charge is 2.12. The third-order valence-corrected chi connectivity index (χ3v) is 3.98. The smallest absolute Gasteiger partial charge is 0.0453 e. The maximum absolute atomic E-state index is 6.37. The number of nitrogens with two attached hydrogens (primary N) is 1. The number of nitrogens with zero attached hydrogens (tertiary/aromatic N) is 1. The molecule has 0 spiro atoms. The Balaban J connectivity index is 1.95. The summed E-state index contributed by atoms with van der Waals surface area (Å²) < 4.78 is 0. The second kappa shape index (κ2) is 7.13. The summed E-state index contributed by atoms with van der Waals surface area (Å²) in [6.45, 7) is 4.17. The Kier molecular flexibility index (Phi) is 5.48. The van der Waals surface area contributed by atoms with Crippen molar-refractivity contribution in [3.8, 4) is 0 Å². The third kappa shape index (κ3) is 3.98. The molecule has 0 radical (unpaired) electrons. The summed E-state index contributed by atoms with van der Waals surface area (Å²) in [5.74, 6) is 0. The molecule has 1 fully saturated rings. The normalized spacial score (nSPS) is 17.0. The lowest BCUT2D eigenvalue weighted by molar-refractivity contribution is 0.221. The van der Waals surface area contributed by atoms with Gasteiger partial charge in [-0.15, -0.1) is 0 Å². The molecule has 100 valence electrons. The first-order valence-corrected chi connectivity index (χ1v) is 7.37. The number of piperidine rings is 1. The van der Waals surface area contributed by atoms with E-state index >= 15 is 0 Å². The molecule has 1 aliphatic heterocycles. The van der Waals surface area contributed by atoms with E-state index in [1.807, 2.05) is 0 Å². The minimum Gasteiger partial charge on any atom is -0.330 e. The van der Waals surface area contributed by atoms with Crippen molar-refractivity contribution >= 4 is 11.6 Å². The Morgan fingerprint density at radius 2 is 1.94 bits per heavy atom. The van der Waals surface area contributed by atoms with E-state index in [1.165, 1.54) is 43.5 Å². The molecule has 2 N–H and O–H groups in total. The molecular formula is C15H23ClN2. The van der Waals surface area contributed by atoms with Gasteiger partial charge in [-0.2, -0.15) is 0 Å². The summed E-state index contributed by atoms with van der Waals surface area (Å²) in [5, 5.41) is 0.912. The molecule has 2 nitrogen and oxygen atoms in total. The lowest BCUT2D eigenvalue weighted by Crippen LogP contribution is -2.29. The molecule has 0 saturated carbocycles. The van der Waals surface area contributed by atoms with Crippen molar-refractivity contribution in [3.63, 3.8) is 0 Å². The van der Waals surface area contributed by atoms with Crippen molar-refractivity contribution in [2.45, 2.75) is 38.6 Å². The van der Waals surface area contributed by atoms with E-state index in [0.29, 0.717) is 0 Å². The van der Waals surface area contributed by atoms with Crippen LogP contribution >= 0.6 is 11.6 Å². The molecule has 3 heteroatoms. The van der Waals surface area contributed by atoms with Gasteiger partial charge >= 0.3 is 0 Å². The first-order chi connectivity index (χ1) is 8.79. The average Bonchev–Trinajstić information content (AvgIpc) is 2.40. The van der Waals surface area contributed by atoms with E-state index in [2.05, 4.69) is 23.1 Å². The van der Waals surface area contributed by atoms with E-state index in [0.717, 1.165) is 31.0 Å². The van der Waals surface area contributed by atoms with Crippen LogP contribution in [0.15, 0.2) is 18.2 Å². The van der Waals surface area contributed by atoms with Gasteiger partial charge in [0, 0.05) is 11.6 Å². The average molecular weight is 267 g/mol. The van der Waals surface area contributed by atoms with Gasteiger partial charge < -0.3 is 5.73 Å². The zero-order valence-electron chi connectivity index (χ0n) is 11.0. The minimum atomic E-state index is 0.743. The maximum Gasteiger partial charge on any atom is 0.0453 e. The molecule has 2 rings (SSSR count). The number of aryl methyl sites for hydroxylation is 1. The Labute approximate surface area is 115 Å². The molecule has 0 bridgehead atoms. The fourth-order valence-electron chi connectivity index (χ4n) is 2.54. The van der Waals surface area contributed by atoms with Gasteiger partial charge in [0.1, 0.15) is 0 Å². The number of hydrogen-bond acceptors (Lipinski definition) is 2. The van der Waals surface area contributed by atoms with Crippen molar-refractivity contribution < 1.29 is 0 Å². The topological polar surface area (TPSA) is 29.3 Å². The summed E-state index contributed by atoms with van der Waals surface area (Å²) in [6, 6.07) is 6.49. The summed E-state index contributed by atoms with van der Waals surface area (Å²) >= 11 is 6.37. The maximum atomic E-state index is 6.37. The van der Waals surface area contributed by atoms with Gasteiger partial charge in [0.2, 0.25) is 0 Å². The molecule has 1 saturated heterocycles. The number of halogens is 1. The zero-order valence-corrected chi connectivity index (χ0v) is 11.8. The zero-order chi connectivity index (χ0) is 12.8. The van der Waals surface area contributed by atoms with Gasteiger partial charge in [-0.05, 0) is 62.5 Å². The van der Waals surface area contributed by atoms with Crippen molar-refractivity contribution in [1.82, 2.24) is 4.90 Å². The van der Waals surface area contributed by atoms with Crippen LogP contribution in [0, 0.1) is 0 Å². The Bertz CT molecular complexity index is 373. The molecule has 18 heavy (non-hydrogen) atoms. The van der Waals surface area contributed by atoms with Gasteiger partial charge in [0.25, 0.3) is 0 Å². The second-order valence-electron chi connectivity index (χ2n) is 5.15. The SMILES string of the molecule is NCCCc1ccc(CN2CCCCC2)c(Cl)c1. The van der Waals surface area contributed by atoms with E-state index in [-0.39, 0.29) is 0 Å². The van der Waals surface area contributed by atoms with E-state index in [1.54, 1.807) is 0 Å². The Morgan fingerprint density at radius 1 is 1.17 bits per heavy atom. The second-order valence-corrected chi connectivity index (χ2v) is 5.56. The fraction of sp³-hybridized carbons (Fsp3) is 0.600. The van der Waals surface area contributed by atoms with Crippen molar-refractivity contribution in [2.24, 2.45) is 5.73 Å². The number of likely N-dealkylation sites (tertiary alicyclic amines) is 1. The van der Waals surface area contributed by atoms with Crippen molar-refractivity contribution in [3.05, 3.63) is 34.3 Å². The molecule has 0 amide bonds. The van der Waals surface area contributed by atoms with Gasteiger partial charge in [-0.3, -0.25) is 4.90 Å². The summed E-state index contributed by atoms with van der Waals surface area (Å²) in [6.07, 6.45) is 6.09. The van der Waals surface area contributed by atoms with Crippen LogP contribution in [-0.4, -0.2) is 24.5 Å². The van der Waals surface area contributed by atoms with Gasteiger partial charge in [-0.1, -0.05) is 30.2 Å². The largest absolute Gasteiger partial charge is 0.330 e. The molecule has 0 atom stereocenters. The highest BCUT2D eigenvalue weighted by molar-refractivity contribution is 6.31. The minimum absolute atomic E-state index is 0.743. The summed E-state index contributed by atoms with van der Waals surface area (Å²) in [4.78, 5) is 2.50. The number of rotatable bonds is 5. The van der Waals surface area contributed by atoms with Crippen LogP contribution in [-0.2, 0) is 13.0 Å². The molecule has 1 aromatic carbocycles. The first-order valence-electron chi connectivity index (χ1n) is 6.99. The van der Waals surface area contributed by atoms with Crippen LogP contribution in [0.3, 0.4) is 0 Å². The highest BCUT2D eigenvalue weighted by Crippen LogP contribution is 2.22. The summed E-state index contributed by atoms with van der Waals surface area (Å²) in [7, 11) is 0. The monoisotopic (exact) mass is 266 g/mol. The van der Waals surface area contributed by atoms with Crippen LogP contribution < -0.4 is 5.73 Å². The highest BCUT2D eigenvalue weighted by atomic mass is 35.5. The number of benzene rings is 1. The predicted molar refractivity (Wildman–Crippen MR) is 78.0 cm³/mol. The molecule has 1 aromatic rings. The molecule has 0 aliphatic carbocycles. The molecule has 0 aromatic heterocycles. The van der Waals surface area contributed by atoms with Gasteiger partial charge in [0.05, 0.1) is 0 Å². The van der Waals surface area contributed by atoms with Gasteiger partial charge in [0.15, 0.2) is 0 Å².